The van der Waals surface area contributed by atoms with E-state index in [4.69, 9.17) is 0 Å². The molecule has 20 heavy (non-hydrogen) atoms. The third-order valence-corrected chi connectivity index (χ3v) is 4.35. The van der Waals surface area contributed by atoms with Gasteiger partial charge in [-0.1, -0.05) is 0 Å². The monoisotopic (exact) mass is 290 g/mol. The van der Waals surface area contributed by atoms with Crippen LogP contribution in [0.2, 0.25) is 0 Å². The summed E-state index contributed by atoms with van der Waals surface area (Å²) in [6.07, 6.45) is 3.81. The van der Waals surface area contributed by atoms with E-state index in [1.165, 1.54) is 12.1 Å². The van der Waals surface area contributed by atoms with Crippen LogP contribution in [-0.4, -0.2) is 39.1 Å². The highest BCUT2D eigenvalue weighted by molar-refractivity contribution is 7.09. The van der Waals surface area contributed by atoms with Crippen LogP contribution >= 0.6 is 11.3 Å². The number of H-pyrrole nitrogens is 1. The molecular formula is C13H14N4O2S. The van der Waals surface area contributed by atoms with Crippen LogP contribution in [0.15, 0.2) is 28.5 Å². The molecule has 0 bridgehead atoms. The first kappa shape index (κ1) is 13.0. The second kappa shape index (κ2) is 5.54. The molecule has 1 aliphatic rings. The van der Waals surface area contributed by atoms with Crippen molar-refractivity contribution in [2.75, 3.05) is 13.1 Å². The molecule has 2 aromatic heterocycles. The van der Waals surface area contributed by atoms with Crippen molar-refractivity contribution in [2.45, 2.75) is 18.8 Å². The van der Waals surface area contributed by atoms with Gasteiger partial charge in [0.15, 0.2) is 0 Å². The third-order valence-electron chi connectivity index (χ3n) is 3.41. The molecule has 1 aliphatic heterocycles. The zero-order valence-corrected chi connectivity index (χ0v) is 11.6. The maximum absolute atomic E-state index is 12.4. The molecule has 3 rings (SSSR count). The fourth-order valence-corrected chi connectivity index (χ4v) is 3.19. The fraction of sp³-hybridized carbons (Fsp3) is 0.385. The molecule has 0 aliphatic carbocycles. The van der Waals surface area contributed by atoms with Gasteiger partial charge in [-0.2, -0.15) is 5.10 Å². The number of aromatic amines is 1. The number of rotatable bonds is 2. The van der Waals surface area contributed by atoms with Crippen molar-refractivity contribution in [1.29, 1.82) is 0 Å². The number of likely N-dealkylation sites (tertiary alicyclic amines) is 1. The molecule has 3 heterocycles. The summed E-state index contributed by atoms with van der Waals surface area (Å²) in [6, 6.07) is 2.79. The molecule has 1 N–H and O–H groups in total. The van der Waals surface area contributed by atoms with Crippen molar-refractivity contribution in [3.8, 4) is 0 Å². The predicted molar refractivity (Wildman–Crippen MR) is 74.9 cm³/mol. The molecule has 1 atom stereocenters. The Kier molecular flexibility index (Phi) is 3.60. The van der Waals surface area contributed by atoms with Gasteiger partial charge in [-0.05, 0) is 18.9 Å². The lowest BCUT2D eigenvalue weighted by atomic mass is 9.98. The lowest BCUT2D eigenvalue weighted by Gasteiger charge is -2.31. The van der Waals surface area contributed by atoms with E-state index < -0.39 is 0 Å². The van der Waals surface area contributed by atoms with Gasteiger partial charge in [0.2, 0.25) is 0 Å². The molecule has 1 amide bonds. The molecule has 7 heteroatoms. The van der Waals surface area contributed by atoms with Crippen molar-refractivity contribution < 1.29 is 4.79 Å². The first-order valence-electron chi connectivity index (χ1n) is 6.48. The Bertz CT molecular complexity index is 632. The highest BCUT2D eigenvalue weighted by atomic mass is 32.1. The van der Waals surface area contributed by atoms with Crippen molar-refractivity contribution in [2.24, 2.45) is 0 Å². The molecule has 0 aromatic carbocycles. The Morgan fingerprint density at radius 2 is 2.35 bits per heavy atom. The topological polar surface area (TPSA) is 79.0 Å². The number of piperidine rings is 1. The average molecular weight is 290 g/mol. The summed E-state index contributed by atoms with van der Waals surface area (Å²) in [6.45, 7) is 1.38. The van der Waals surface area contributed by atoms with E-state index in [1.807, 2.05) is 5.38 Å². The number of nitrogens with one attached hydrogen (secondary N) is 1. The van der Waals surface area contributed by atoms with Gasteiger partial charge in [0.1, 0.15) is 5.69 Å². The summed E-state index contributed by atoms with van der Waals surface area (Å²) >= 11 is 1.63. The lowest BCUT2D eigenvalue weighted by molar-refractivity contribution is 0.0699. The summed E-state index contributed by atoms with van der Waals surface area (Å²) in [5, 5.41) is 9.13. The molecule has 1 fully saturated rings. The standard InChI is InChI=1S/C13H14N4O2S/c18-11-4-3-10(15-16-11)13(19)17-6-1-2-9(8-17)12-14-5-7-20-12/h3-5,7,9H,1-2,6,8H2,(H,16,18). The van der Waals surface area contributed by atoms with Crippen LogP contribution in [0.3, 0.4) is 0 Å². The summed E-state index contributed by atoms with van der Waals surface area (Å²) < 4.78 is 0. The van der Waals surface area contributed by atoms with Crippen molar-refractivity contribution >= 4 is 17.2 Å². The number of amides is 1. The number of carbonyl (C=O) groups is 1. The molecule has 1 unspecified atom stereocenters. The van der Waals surface area contributed by atoms with Gasteiger partial charge in [-0.25, -0.2) is 10.1 Å². The molecular weight excluding hydrogens is 276 g/mol. The Morgan fingerprint density at radius 1 is 1.45 bits per heavy atom. The number of carbonyl (C=O) groups excluding carboxylic acids is 1. The Balaban J connectivity index is 1.75. The highest BCUT2D eigenvalue weighted by Crippen LogP contribution is 2.28. The van der Waals surface area contributed by atoms with E-state index in [9.17, 15) is 9.59 Å². The molecule has 6 nitrogen and oxygen atoms in total. The normalized spacial score (nSPS) is 19.0. The van der Waals surface area contributed by atoms with Crippen LogP contribution in [0.1, 0.15) is 34.3 Å². The molecule has 1 saturated heterocycles. The summed E-state index contributed by atoms with van der Waals surface area (Å²) in [7, 11) is 0. The van der Waals surface area contributed by atoms with Gasteiger partial charge in [0.05, 0.1) is 5.01 Å². The van der Waals surface area contributed by atoms with Crippen LogP contribution in [0.25, 0.3) is 0 Å². The number of hydrogen-bond acceptors (Lipinski definition) is 5. The minimum atomic E-state index is -0.305. The van der Waals surface area contributed by atoms with E-state index in [0.29, 0.717) is 12.5 Å². The minimum absolute atomic E-state index is 0.137. The zero-order chi connectivity index (χ0) is 13.9. The molecule has 0 saturated carbocycles. The van der Waals surface area contributed by atoms with Gasteiger partial charge in [-0.3, -0.25) is 9.59 Å². The number of nitrogens with zero attached hydrogens (tertiary/aromatic N) is 3. The van der Waals surface area contributed by atoms with E-state index in [-0.39, 0.29) is 17.2 Å². The second-order valence-corrected chi connectivity index (χ2v) is 5.69. The molecule has 2 aromatic rings. The summed E-state index contributed by atoms with van der Waals surface area (Å²) in [5.74, 6) is 0.165. The predicted octanol–water partition coefficient (Wildman–Crippen LogP) is 1.25. The SMILES string of the molecule is O=C(c1ccc(=O)[nH]n1)N1CCCC(c2nccs2)C1. The Morgan fingerprint density at radius 3 is 3.05 bits per heavy atom. The minimum Gasteiger partial charge on any atom is -0.337 e. The van der Waals surface area contributed by atoms with Crippen LogP contribution < -0.4 is 5.56 Å². The number of hydrogen-bond donors (Lipinski definition) is 1. The summed E-state index contributed by atoms with van der Waals surface area (Å²) in [5.41, 5.74) is -0.0229. The van der Waals surface area contributed by atoms with E-state index >= 15 is 0 Å². The molecule has 0 spiro atoms. The lowest BCUT2D eigenvalue weighted by Crippen LogP contribution is -2.39. The van der Waals surface area contributed by atoms with Crippen molar-refractivity contribution in [3.63, 3.8) is 0 Å². The van der Waals surface area contributed by atoms with Gasteiger partial charge in [0.25, 0.3) is 11.5 Å². The first-order valence-corrected chi connectivity index (χ1v) is 7.36. The first-order chi connectivity index (χ1) is 9.74. The Hall–Kier alpha value is -2.02. The quantitative estimate of drug-likeness (QED) is 0.902. The number of aromatic nitrogens is 3. The van der Waals surface area contributed by atoms with Crippen molar-refractivity contribution in [1.82, 2.24) is 20.1 Å². The second-order valence-electron chi connectivity index (χ2n) is 4.77. The van der Waals surface area contributed by atoms with Crippen LogP contribution in [-0.2, 0) is 0 Å². The Labute approximate surface area is 119 Å². The van der Waals surface area contributed by atoms with Crippen LogP contribution in [0, 0.1) is 0 Å². The van der Waals surface area contributed by atoms with Gasteiger partial charge in [0, 0.05) is 36.7 Å². The molecule has 104 valence electrons. The zero-order valence-electron chi connectivity index (χ0n) is 10.8. The van der Waals surface area contributed by atoms with Gasteiger partial charge < -0.3 is 4.90 Å². The highest BCUT2D eigenvalue weighted by Gasteiger charge is 2.27. The van der Waals surface area contributed by atoms with E-state index in [0.717, 1.165) is 24.4 Å². The summed E-state index contributed by atoms with van der Waals surface area (Å²) in [4.78, 5) is 29.5. The maximum atomic E-state index is 12.4. The van der Waals surface area contributed by atoms with Crippen LogP contribution in [0.4, 0.5) is 0 Å². The number of thiazole rings is 1. The largest absolute Gasteiger partial charge is 0.337 e. The third kappa shape index (κ3) is 2.62. The van der Waals surface area contributed by atoms with E-state index in [1.54, 1.807) is 22.4 Å². The molecule has 0 radical (unpaired) electrons. The average Bonchev–Trinajstić information content (AvgIpc) is 3.02. The van der Waals surface area contributed by atoms with Crippen LogP contribution in [0.5, 0.6) is 0 Å². The van der Waals surface area contributed by atoms with Gasteiger partial charge >= 0.3 is 0 Å². The van der Waals surface area contributed by atoms with Gasteiger partial charge in [-0.15, -0.1) is 11.3 Å². The fourth-order valence-electron chi connectivity index (χ4n) is 2.42. The maximum Gasteiger partial charge on any atom is 0.274 e. The van der Waals surface area contributed by atoms with E-state index in [2.05, 4.69) is 15.2 Å². The van der Waals surface area contributed by atoms with Crippen molar-refractivity contribution in [3.05, 3.63) is 44.8 Å². The smallest absolute Gasteiger partial charge is 0.274 e.